The van der Waals surface area contributed by atoms with Crippen molar-refractivity contribution in [3.05, 3.63) is 99.6 Å². The average Bonchev–Trinajstić information content (AvgIpc) is 3.12. The van der Waals surface area contributed by atoms with E-state index in [0.717, 1.165) is 21.8 Å². The quantitative estimate of drug-likeness (QED) is 0.690. The summed E-state index contributed by atoms with van der Waals surface area (Å²) in [6.45, 7) is 1.91. The number of hydrogen-bond donors (Lipinski definition) is 2. The average molecular weight is 454 g/mol. The van der Waals surface area contributed by atoms with Crippen molar-refractivity contribution < 1.29 is 10.0 Å². The van der Waals surface area contributed by atoms with Crippen molar-refractivity contribution in [2.75, 3.05) is 0 Å². The second-order valence-electron chi connectivity index (χ2n) is 6.82. The highest BCUT2D eigenvalue weighted by atomic mass is 35.5. The molecular formula is C22H17Cl2N5O2. The molecule has 0 fully saturated rings. The maximum Gasteiger partial charge on any atom is 0.271 e. The van der Waals surface area contributed by atoms with Gasteiger partial charge in [0.25, 0.3) is 5.91 Å². The Hall–Kier alpha value is -3.39. The molecule has 1 aliphatic heterocycles. The van der Waals surface area contributed by atoms with Gasteiger partial charge in [-0.05, 0) is 54.0 Å². The van der Waals surface area contributed by atoms with Crippen LogP contribution in [0.4, 0.5) is 5.69 Å². The van der Waals surface area contributed by atoms with Crippen molar-refractivity contribution in [3.8, 4) is 5.69 Å². The maximum absolute atomic E-state index is 11.9. The van der Waals surface area contributed by atoms with Gasteiger partial charge in [0.05, 0.1) is 22.0 Å². The number of halogens is 2. The predicted octanol–water partition coefficient (Wildman–Crippen LogP) is 4.90. The lowest BCUT2D eigenvalue weighted by atomic mass is 9.96. The van der Waals surface area contributed by atoms with Gasteiger partial charge in [0.2, 0.25) is 0 Å². The molecule has 0 unspecified atom stereocenters. The van der Waals surface area contributed by atoms with Crippen LogP contribution < -0.4 is 5.73 Å². The van der Waals surface area contributed by atoms with E-state index in [-0.39, 0.29) is 5.69 Å². The van der Waals surface area contributed by atoms with Crippen LogP contribution in [-0.2, 0) is 0 Å². The van der Waals surface area contributed by atoms with E-state index >= 15 is 0 Å². The first-order valence-corrected chi connectivity index (χ1v) is 9.96. The number of para-hydroxylation sites is 1. The van der Waals surface area contributed by atoms with Crippen molar-refractivity contribution in [1.82, 2.24) is 14.8 Å². The van der Waals surface area contributed by atoms with Gasteiger partial charge in [-0.1, -0.05) is 41.4 Å². The molecule has 156 valence electrons. The molecule has 0 bridgehead atoms. The summed E-state index contributed by atoms with van der Waals surface area (Å²) >= 11 is 12.5. The molecule has 31 heavy (non-hydrogen) atoms. The summed E-state index contributed by atoms with van der Waals surface area (Å²) < 4.78 is 1.40. The Labute approximate surface area is 188 Å². The summed E-state index contributed by atoms with van der Waals surface area (Å²) in [6.07, 6.45) is 14.0. The molecule has 2 heterocycles. The summed E-state index contributed by atoms with van der Waals surface area (Å²) in [5, 5.41) is 15.5. The number of amides is 1. The molecule has 9 heteroatoms. The molecule has 1 aliphatic carbocycles. The van der Waals surface area contributed by atoms with E-state index in [2.05, 4.69) is 10.1 Å². The minimum atomic E-state index is -0.713. The smallest absolute Gasteiger partial charge is 0.271 e. The number of rotatable bonds is 3. The summed E-state index contributed by atoms with van der Waals surface area (Å²) in [5.41, 5.74) is 9.72. The fraction of sp³-hybridized carbons (Fsp3) is 0.0455. The Bertz CT molecular complexity index is 1230. The Morgan fingerprint density at radius 2 is 1.81 bits per heavy atom. The molecule has 2 aliphatic rings. The van der Waals surface area contributed by atoms with Crippen molar-refractivity contribution in [2.45, 2.75) is 6.92 Å². The summed E-state index contributed by atoms with van der Waals surface area (Å²) in [6, 6.07) is 5.06. The molecular weight excluding hydrogens is 437 g/mol. The maximum atomic E-state index is 11.9. The predicted molar refractivity (Wildman–Crippen MR) is 121 cm³/mol. The number of carbonyl (C=O) groups is 1. The van der Waals surface area contributed by atoms with E-state index in [0.29, 0.717) is 27.1 Å². The van der Waals surface area contributed by atoms with Crippen LogP contribution in [0.5, 0.6) is 0 Å². The largest absolute Gasteiger partial charge is 0.364 e. The zero-order valence-corrected chi connectivity index (χ0v) is 17.8. The molecule has 7 nitrogen and oxygen atoms in total. The van der Waals surface area contributed by atoms with E-state index in [1.165, 1.54) is 4.68 Å². The number of hydroxylamine groups is 2. The molecule has 0 atom stereocenters. The summed E-state index contributed by atoms with van der Waals surface area (Å²) in [5.74, 6) is -0.713. The van der Waals surface area contributed by atoms with Crippen LogP contribution in [0.15, 0.2) is 88.9 Å². The first-order valence-electron chi connectivity index (χ1n) is 9.20. The van der Waals surface area contributed by atoms with Gasteiger partial charge in [-0.15, -0.1) is 0 Å². The zero-order chi connectivity index (χ0) is 22.1. The normalized spacial score (nSPS) is 15.5. The third kappa shape index (κ3) is 4.25. The van der Waals surface area contributed by atoms with Crippen LogP contribution in [0.1, 0.15) is 17.4 Å². The zero-order valence-electron chi connectivity index (χ0n) is 16.3. The topological polar surface area (TPSA) is 96.7 Å². The minimum absolute atomic E-state index is 0.00599. The number of carbonyl (C=O) groups excluding carboxylic acids is 1. The lowest BCUT2D eigenvalue weighted by Crippen LogP contribution is -2.13. The first kappa shape index (κ1) is 20.9. The number of aliphatic imine (C=N–C) groups is 1. The van der Waals surface area contributed by atoms with Gasteiger partial charge in [-0.2, -0.15) is 5.10 Å². The van der Waals surface area contributed by atoms with Crippen LogP contribution in [0.3, 0.4) is 0 Å². The van der Waals surface area contributed by atoms with Gasteiger partial charge >= 0.3 is 0 Å². The Kier molecular flexibility index (Phi) is 5.65. The van der Waals surface area contributed by atoms with E-state index in [4.69, 9.17) is 28.9 Å². The number of nitrogens with two attached hydrogens (primary N) is 1. The fourth-order valence-electron chi connectivity index (χ4n) is 3.22. The van der Waals surface area contributed by atoms with Crippen LogP contribution in [0, 0.1) is 0 Å². The highest BCUT2D eigenvalue weighted by Gasteiger charge is 2.18. The Balaban J connectivity index is 1.70. The van der Waals surface area contributed by atoms with Crippen LogP contribution in [0.2, 0.25) is 10.0 Å². The number of hydrogen-bond acceptors (Lipinski definition) is 5. The van der Waals surface area contributed by atoms with Gasteiger partial charge in [-0.25, -0.2) is 14.7 Å². The standard InChI is InChI=1S/C22H17Cl2N5O2/c1-13-11-28(31)10-9-16(13)14-5-7-15(8-6-14)26-19-12-29(27-20(19)22(25)30)21-17(23)3-2-4-18(21)24/h2-12,31H,1H3,(H2,25,30). The van der Waals surface area contributed by atoms with Crippen LogP contribution in [0.25, 0.3) is 5.69 Å². The highest BCUT2D eigenvalue weighted by molar-refractivity contribution is 6.37. The molecule has 1 aromatic heterocycles. The van der Waals surface area contributed by atoms with Gasteiger partial charge < -0.3 is 5.73 Å². The van der Waals surface area contributed by atoms with Crippen molar-refractivity contribution >= 4 is 40.5 Å². The molecule has 0 saturated heterocycles. The summed E-state index contributed by atoms with van der Waals surface area (Å²) in [7, 11) is 0. The Morgan fingerprint density at radius 3 is 2.42 bits per heavy atom. The van der Waals surface area contributed by atoms with E-state index in [1.807, 2.05) is 37.3 Å². The third-order valence-corrected chi connectivity index (χ3v) is 5.28. The molecule has 3 N–H and O–H groups in total. The number of nitrogens with zero attached hydrogens (tertiary/aromatic N) is 4. The highest BCUT2D eigenvalue weighted by Crippen LogP contribution is 2.31. The van der Waals surface area contributed by atoms with Gasteiger partial charge in [0.15, 0.2) is 5.69 Å². The lowest BCUT2D eigenvalue weighted by Gasteiger charge is -2.17. The van der Waals surface area contributed by atoms with Crippen molar-refractivity contribution in [2.24, 2.45) is 10.7 Å². The molecule has 0 saturated carbocycles. The Morgan fingerprint density at radius 1 is 1.13 bits per heavy atom. The number of benzene rings is 1. The second-order valence-corrected chi connectivity index (χ2v) is 7.64. The minimum Gasteiger partial charge on any atom is -0.364 e. The van der Waals surface area contributed by atoms with E-state index in [9.17, 15) is 10.0 Å². The molecule has 2 aromatic rings. The van der Waals surface area contributed by atoms with Gasteiger partial charge in [0, 0.05) is 12.4 Å². The van der Waals surface area contributed by atoms with Crippen molar-refractivity contribution in [3.63, 3.8) is 0 Å². The number of aromatic nitrogens is 2. The number of allylic oxidation sites excluding steroid dienone is 8. The molecule has 0 radical (unpaired) electrons. The fourth-order valence-corrected chi connectivity index (χ4v) is 3.79. The second kappa shape index (κ2) is 8.39. The van der Waals surface area contributed by atoms with Gasteiger partial charge in [0.1, 0.15) is 11.4 Å². The van der Waals surface area contributed by atoms with Crippen LogP contribution in [-0.4, -0.2) is 31.7 Å². The van der Waals surface area contributed by atoms with Crippen LogP contribution >= 0.6 is 23.2 Å². The summed E-state index contributed by atoms with van der Waals surface area (Å²) in [4.78, 5) is 16.5. The third-order valence-electron chi connectivity index (χ3n) is 4.67. The number of primary amides is 1. The van der Waals surface area contributed by atoms with E-state index in [1.54, 1.807) is 36.8 Å². The van der Waals surface area contributed by atoms with Gasteiger partial charge in [-0.3, -0.25) is 10.0 Å². The molecule has 4 rings (SSSR count). The first-order chi connectivity index (χ1) is 14.8. The van der Waals surface area contributed by atoms with E-state index < -0.39 is 5.91 Å². The lowest BCUT2D eigenvalue weighted by molar-refractivity contribution is 0.00959. The molecule has 1 aromatic carbocycles. The monoisotopic (exact) mass is 453 g/mol. The molecule has 0 spiro atoms. The van der Waals surface area contributed by atoms with Crippen molar-refractivity contribution in [1.29, 1.82) is 0 Å². The SMILES string of the molecule is CC1=CN(O)C=CC1=C1C=CC(=Nc2cn(-c3c(Cl)cccc3Cl)nc2C(N)=O)C=C1. The molecule has 1 amide bonds.